The molecule has 410 valence electrons. The first kappa shape index (κ1) is 66.3. The van der Waals surface area contributed by atoms with Crippen LogP contribution in [-0.2, 0) is 38.3 Å². The smallest absolute Gasteiger partial charge is 0.397 e. The fourth-order valence-electron chi connectivity index (χ4n) is 8.08. The van der Waals surface area contributed by atoms with Crippen molar-refractivity contribution in [3.05, 3.63) is 85.1 Å². The summed E-state index contributed by atoms with van der Waals surface area (Å²) in [4.78, 5) is 12.9. The molecule has 0 aliphatic carbocycles. The van der Waals surface area contributed by atoms with Gasteiger partial charge in [-0.25, -0.2) is 4.18 Å². The van der Waals surface area contributed by atoms with Gasteiger partial charge in [-0.1, -0.05) is 202 Å². The standard InChI is InChI=1S/C58H100O12S/c1-3-5-7-9-11-13-15-17-19-21-23-24-25-26-27-28-29-30-32-34-36-38-40-42-44-46-48-66-50-52(51-67-58-56(62)57(70-71(63,64)65)55(61)53(49-59)69-58)68-54(60)47-45-43-41-39-37-35-33-31-22-20-18-16-14-12-10-8-6-4-2/h5,7,11,13-14,16-17,19-20,22-24,26-27,52-53,55-59,61-62H,3-4,6,8-10,12,15,18,21,25,28-51H2,1-2H3,(H,63,64,65)/b7-5-,13-11-,16-14-,19-17-,22-20-,24-23-,27-26-. The number of carbonyl (C=O) groups is 1. The summed E-state index contributed by atoms with van der Waals surface area (Å²) in [6, 6.07) is 0. The van der Waals surface area contributed by atoms with E-state index in [0.29, 0.717) is 13.0 Å². The van der Waals surface area contributed by atoms with Crippen LogP contribution in [-0.4, -0.2) is 97.5 Å². The summed E-state index contributed by atoms with van der Waals surface area (Å²) in [5, 5.41) is 30.8. The number of rotatable bonds is 48. The van der Waals surface area contributed by atoms with Crippen molar-refractivity contribution in [2.45, 2.75) is 250 Å². The lowest BCUT2D eigenvalue weighted by Crippen LogP contribution is -2.60. The Kier molecular flexibility index (Phi) is 45.0. The van der Waals surface area contributed by atoms with Gasteiger partial charge in [0.15, 0.2) is 6.29 Å². The fourth-order valence-corrected chi connectivity index (χ4v) is 8.59. The van der Waals surface area contributed by atoms with Gasteiger partial charge >= 0.3 is 16.4 Å². The Morgan fingerprint density at radius 1 is 0.549 bits per heavy atom. The van der Waals surface area contributed by atoms with Crippen LogP contribution in [0.3, 0.4) is 0 Å². The quantitative estimate of drug-likeness (QED) is 0.0196. The Labute approximate surface area is 432 Å². The van der Waals surface area contributed by atoms with E-state index in [1.165, 1.54) is 96.3 Å². The summed E-state index contributed by atoms with van der Waals surface area (Å²) in [5.41, 5.74) is 0. The molecule has 1 aliphatic heterocycles. The maximum Gasteiger partial charge on any atom is 0.397 e. The average molecular weight is 1020 g/mol. The molecule has 0 amide bonds. The first-order valence-electron chi connectivity index (χ1n) is 27.8. The molecule has 0 aromatic heterocycles. The van der Waals surface area contributed by atoms with Crippen LogP contribution in [0, 0.1) is 0 Å². The topological polar surface area (TPSA) is 178 Å². The van der Waals surface area contributed by atoms with Gasteiger partial charge in [0.1, 0.15) is 30.5 Å². The molecule has 0 spiro atoms. The lowest BCUT2D eigenvalue weighted by molar-refractivity contribution is -0.301. The molecule has 0 bridgehead atoms. The van der Waals surface area contributed by atoms with Gasteiger partial charge in [0.2, 0.25) is 0 Å². The fraction of sp³-hybridized carbons (Fsp3) is 0.741. The van der Waals surface area contributed by atoms with Crippen molar-refractivity contribution >= 4 is 16.4 Å². The molecule has 0 aromatic rings. The van der Waals surface area contributed by atoms with Crippen molar-refractivity contribution in [2.75, 3.05) is 26.4 Å². The second kappa shape index (κ2) is 48.2. The molecule has 6 atom stereocenters. The van der Waals surface area contributed by atoms with E-state index in [2.05, 4.69) is 103 Å². The maximum absolute atomic E-state index is 12.9. The minimum absolute atomic E-state index is 0.0254. The summed E-state index contributed by atoms with van der Waals surface area (Å²) < 4.78 is 59.4. The molecule has 1 fully saturated rings. The molecular weight excluding hydrogens is 921 g/mol. The van der Waals surface area contributed by atoms with Gasteiger partial charge in [-0.3, -0.25) is 9.35 Å². The first-order valence-corrected chi connectivity index (χ1v) is 29.2. The van der Waals surface area contributed by atoms with Gasteiger partial charge in [0, 0.05) is 13.0 Å². The Bertz CT molecular complexity index is 1550. The van der Waals surface area contributed by atoms with Crippen molar-refractivity contribution in [3.63, 3.8) is 0 Å². The highest BCUT2D eigenvalue weighted by molar-refractivity contribution is 7.80. The summed E-state index contributed by atoms with van der Waals surface area (Å²) in [6.07, 6.45) is 56.1. The monoisotopic (exact) mass is 1020 g/mol. The lowest BCUT2D eigenvalue weighted by Gasteiger charge is -2.41. The summed E-state index contributed by atoms with van der Waals surface area (Å²) in [5.74, 6) is -0.410. The number of esters is 1. The predicted octanol–water partition coefficient (Wildman–Crippen LogP) is 13.6. The zero-order valence-electron chi connectivity index (χ0n) is 44.3. The molecule has 0 aromatic carbocycles. The highest BCUT2D eigenvalue weighted by Gasteiger charge is 2.48. The van der Waals surface area contributed by atoms with Gasteiger partial charge in [-0.05, 0) is 89.9 Å². The molecule has 1 saturated heterocycles. The van der Waals surface area contributed by atoms with E-state index in [4.69, 9.17) is 18.9 Å². The molecule has 12 nitrogen and oxygen atoms in total. The van der Waals surface area contributed by atoms with Gasteiger partial charge in [-0.2, -0.15) is 8.42 Å². The van der Waals surface area contributed by atoms with Crippen LogP contribution in [0.4, 0.5) is 0 Å². The second-order valence-corrected chi connectivity index (χ2v) is 19.8. The van der Waals surface area contributed by atoms with Gasteiger partial charge in [0.05, 0.1) is 19.8 Å². The normalized spacial score (nSPS) is 19.7. The molecular formula is C58H100O12S. The second-order valence-electron chi connectivity index (χ2n) is 18.8. The molecule has 1 heterocycles. The average Bonchev–Trinajstić information content (AvgIpc) is 3.35. The molecule has 13 heteroatoms. The van der Waals surface area contributed by atoms with Crippen molar-refractivity contribution in [1.82, 2.24) is 0 Å². The predicted molar refractivity (Wildman–Crippen MR) is 289 cm³/mol. The van der Waals surface area contributed by atoms with Gasteiger partial charge in [-0.15, -0.1) is 0 Å². The summed E-state index contributed by atoms with van der Waals surface area (Å²) >= 11 is 0. The molecule has 6 unspecified atom stereocenters. The number of allylic oxidation sites excluding steroid dienone is 14. The maximum atomic E-state index is 12.9. The Morgan fingerprint density at radius 2 is 0.972 bits per heavy atom. The molecule has 4 N–H and O–H groups in total. The number of aliphatic hydroxyl groups is 3. The number of hydrogen-bond donors (Lipinski definition) is 4. The van der Waals surface area contributed by atoms with Crippen molar-refractivity contribution < 1.29 is 56.2 Å². The van der Waals surface area contributed by atoms with Crippen LogP contribution in [0.5, 0.6) is 0 Å². The van der Waals surface area contributed by atoms with Crippen LogP contribution in [0.1, 0.15) is 213 Å². The van der Waals surface area contributed by atoms with E-state index < -0.39 is 59.8 Å². The minimum Gasteiger partial charge on any atom is -0.457 e. The number of ether oxygens (including phenoxy) is 4. The molecule has 1 rings (SSSR count). The van der Waals surface area contributed by atoms with Gasteiger partial charge in [0.25, 0.3) is 0 Å². The third-order valence-electron chi connectivity index (χ3n) is 12.3. The summed E-state index contributed by atoms with van der Waals surface area (Å²) in [6.45, 7) is 3.85. The van der Waals surface area contributed by atoms with E-state index in [1.807, 2.05) is 0 Å². The van der Waals surface area contributed by atoms with Crippen molar-refractivity contribution in [2.24, 2.45) is 0 Å². The van der Waals surface area contributed by atoms with Crippen LogP contribution in [0.2, 0.25) is 0 Å². The Hall–Kier alpha value is -2.72. The zero-order chi connectivity index (χ0) is 51.7. The van der Waals surface area contributed by atoms with Crippen LogP contribution >= 0.6 is 0 Å². The number of carbonyl (C=O) groups excluding carboxylic acids is 1. The van der Waals surface area contributed by atoms with Crippen molar-refractivity contribution in [1.29, 1.82) is 0 Å². The van der Waals surface area contributed by atoms with Crippen LogP contribution in [0.25, 0.3) is 0 Å². The molecule has 1 aliphatic rings. The minimum atomic E-state index is -5.07. The van der Waals surface area contributed by atoms with E-state index in [-0.39, 0.29) is 19.6 Å². The number of hydrogen-bond acceptors (Lipinski definition) is 11. The highest BCUT2D eigenvalue weighted by atomic mass is 32.3. The Balaban J connectivity index is 2.32. The molecule has 0 saturated carbocycles. The third kappa shape index (κ3) is 41.3. The lowest BCUT2D eigenvalue weighted by atomic mass is 9.99. The molecule has 71 heavy (non-hydrogen) atoms. The third-order valence-corrected chi connectivity index (χ3v) is 12.7. The SMILES string of the molecule is CC/C=C\C/C=C\C/C=C\C/C=C\C/C=C\CCCCCCCCCCCCOCC(COC1OC(CO)C(O)C(OS(=O)(=O)O)C1O)OC(=O)CCCCCCCCC/C=C\C/C=C\CCCCCC. The Morgan fingerprint density at radius 3 is 1.42 bits per heavy atom. The van der Waals surface area contributed by atoms with Crippen LogP contribution in [0.15, 0.2) is 85.1 Å². The van der Waals surface area contributed by atoms with E-state index in [0.717, 1.165) is 89.9 Å². The van der Waals surface area contributed by atoms with Gasteiger partial charge < -0.3 is 34.3 Å². The first-order chi connectivity index (χ1) is 34.6. The van der Waals surface area contributed by atoms with Crippen LogP contribution < -0.4 is 0 Å². The highest BCUT2D eigenvalue weighted by Crippen LogP contribution is 2.26. The largest absolute Gasteiger partial charge is 0.457 e. The number of aliphatic hydroxyl groups excluding tert-OH is 3. The van der Waals surface area contributed by atoms with E-state index >= 15 is 0 Å². The number of unbranched alkanes of at least 4 members (excludes halogenated alkanes) is 21. The zero-order valence-corrected chi connectivity index (χ0v) is 45.1. The molecule has 0 radical (unpaired) electrons. The van der Waals surface area contributed by atoms with Crippen molar-refractivity contribution in [3.8, 4) is 0 Å². The summed E-state index contributed by atoms with van der Waals surface area (Å²) in [7, 11) is -5.07. The van der Waals surface area contributed by atoms with E-state index in [1.54, 1.807) is 0 Å². The van der Waals surface area contributed by atoms with E-state index in [9.17, 15) is 33.1 Å².